The molecule has 1 heterocycles. The summed E-state index contributed by atoms with van der Waals surface area (Å²) in [5.41, 5.74) is 2.51. The number of anilines is 1. The number of aryl methyl sites for hydroxylation is 1. The Morgan fingerprint density at radius 2 is 2.00 bits per heavy atom. The summed E-state index contributed by atoms with van der Waals surface area (Å²) in [7, 11) is 1.96. The number of aromatic nitrogens is 2. The topological polar surface area (TPSA) is 54.2 Å². The number of hydrogen-bond donors (Lipinski definition) is 1. The highest BCUT2D eigenvalue weighted by Gasteiger charge is 2.14. The molecule has 0 aliphatic rings. The van der Waals surface area contributed by atoms with E-state index in [1.165, 1.54) is 11.1 Å². The fraction of sp³-hybridized carbons (Fsp3) is 0.500. The first kappa shape index (κ1) is 15.5. The van der Waals surface area contributed by atoms with Crippen molar-refractivity contribution in [2.75, 3.05) is 11.9 Å². The molecular formula is C16H24N4O. The van der Waals surface area contributed by atoms with Crippen LogP contribution >= 0.6 is 0 Å². The van der Waals surface area contributed by atoms with Crippen molar-refractivity contribution in [3.8, 4) is 0 Å². The van der Waals surface area contributed by atoms with Crippen molar-refractivity contribution >= 4 is 6.01 Å². The van der Waals surface area contributed by atoms with Crippen molar-refractivity contribution < 1.29 is 4.42 Å². The van der Waals surface area contributed by atoms with Gasteiger partial charge in [-0.3, -0.25) is 0 Å². The van der Waals surface area contributed by atoms with E-state index in [2.05, 4.69) is 67.5 Å². The van der Waals surface area contributed by atoms with E-state index >= 15 is 0 Å². The SMILES string of the molecule is Cc1cccc(CN(C)c2nnc(CNC(C)(C)C)o2)c1. The van der Waals surface area contributed by atoms with E-state index in [0.29, 0.717) is 18.5 Å². The maximum Gasteiger partial charge on any atom is 0.318 e. The monoisotopic (exact) mass is 288 g/mol. The van der Waals surface area contributed by atoms with Gasteiger partial charge in [0.05, 0.1) is 6.54 Å². The Morgan fingerprint density at radius 3 is 2.67 bits per heavy atom. The first-order valence-electron chi connectivity index (χ1n) is 7.17. The van der Waals surface area contributed by atoms with E-state index in [0.717, 1.165) is 6.54 Å². The molecule has 114 valence electrons. The zero-order valence-electron chi connectivity index (χ0n) is 13.5. The molecular weight excluding hydrogens is 264 g/mol. The number of nitrogens with one attached hydrogen (secondary N) is 1. The number of nitrogens with zero attached hydrogens (tertiary/aromatic N) is 3. The van der Waals surface area contributed by atoms with Gasteiger partial charge < -0.3 is 14.6 Å². The van der Waals surface area contributed by atoms with Crippen molar-refractivity contribution in [1.82, 2.24) is 15.5 Å². The second kappa shape index (κ2) is 6.26. The van der Waals surface area contributed by atoms with Crippen LogP contribution < -0.4 is 10.2 Å². The van der Waals surface area contributed by atoms with Gasteiger partial charge in [0.2, 0.25) is 5.89 Å². The predicted octanol–water partition coefficient (Wildman–Crippen LogP) is 2.90. The van der Waals surface area contributed by atoms with Gasteiger partial charge in [0.1, 0.15) is 0 Å². The first-order chi connectivity index (χ1) is 9.83. The maximum absolute atomic E-state index is 5.68. The van der Waals surface area contributed by atoms with E-state index in [-0.39, 0.29) is 5.54 Å². The molecule has 0 unspecified atom stereocenters. The second-order valence-corrected chi connectivity index (χ2v) is 6.43. The van der Waals surface area contributed by atoms with Gasteiger partial charge in [-0.05, 0) is 33.3 Å². The Labute approximate surface area is 126 Å². The van der Waals surface area contributed by atoms with Gasteiger partial charge in [0.25, 0.3) is 0 Å². The van der Waals surface area contributed by atoms with Crippen LogP contribution in [-0.2, 0) is 13.1 Å². The zero-order valence-corrected chi connectivity index (χ0v) is 13.5. The molecule has 0 aliphatic heterocycles. The molecule has 0 amide bonds. The van der Waals surface area contributed by atoms with E-state index < -0.39 is 0 Å². The highest BCUT2D eigenvalue weighted by molar-refractivity contribution is 5.29. The molecule has 0 fully saturated rings. The zero-order chi connectivity index (χ0) is 15.5. The van der Waals surface area contributed by atoms with E-state index in [4.69, 9.17) is 4.42 Å². The molecule has 1 aromatic carbocycles. The van der Waals surface area contributed by atoms with Gasteiger partial charge in [-0.15, -0.1) is 5.10 Å². The lowest BCUT2D eigenvalue weighted by atomic mass is 10.1. The lowest BCUT2D eigenvalue weighted by molar-refractivity contribution is 0.381. The molecule has 0 radical (unpaired) electrons. The van der Waals surface area contributed by atoms with Gasteiger partial charge in [0, 0.05) is 19.1 Å². The second-order valence-electron chi connectivity index (χ2n) is 6.43. The van der Waals surface area contributed by atoms with Crippen molar-refractivity contribution in [3.05, 3.63) is 41.3 Å². The highest BCUT2D eigenvalue weighted by Crippen LogP contribution is 2.15. The number of rotatable bonds is 5. The van der Waals surface area contributed by atoms with Gasteiger partial charge in [-0.1, -0.05) is 34.9 Å². The van der Waals surface area contributed by atoms with Crippen LogP contribution in [0, 0.1) is 6.92 Å². The van der Waals surface area contributed by atoms with E-state index in [1.807, 2.05) is 11.9 Å². The Balaban J connectivity index is 1.97. The van der Waals surface area contributed by atoms with Crippen LogP contribution in [-0.4, -0.2) is 22.8 Å². The minimum Gasteiger partial charge on any atom is -0.407 e. The molecule has 1 aromatic heterocycles. The lowest BCUT2D eigenvalue weighted by Gasteiger charge is -2.18. The third kappa shape index (κ3) is 4.86. The van der Waals surface area contributed by atoms with E-state index in [9.17, 15) is 0 Å². The van der Waals surface area contributed by atoms with Crippen LogP contribution in [0.5, 0.6) is 0 Å². The van der Waals surface area contributed by atoms with Crippen LogP contribution in [0.4, 0.5) is 6.01 Å². The molecule has 0 saturated carbocycles. The molecule has 5 nitrogen and oxygen atoms in total. The number of hydrogen-bond acceptors (Lipinski definition) is 5. The minimum absolute atomic E-state index is 0.0299. The fourth-order valence-electron chi connectivity index (χ4n) is 1.96. The molecule has 2 rings (SSSR count). The van der Waals surface area contributed by atoms with Crippen molar-refractivity contribution in [1.29, 1.82) is 0 Å². The largest absolute Gasteiger partial charge is 0.407 e. The minimum atomic E-state index is 0.0299. The van der Waals surface area contributed by atoms with E-state index in [1.54, 1.807) is 0 Å². The van der Waals surface area contributed by atoms with Crippen molar-refractivity contribution in [2.24, 2.45) is 0 Å². The van der Waals surface area contributed by atoms with Gasteiger partial charge in [-0.2, -0.15) is 0 Å². The van der Waals surface area contributed by atoms with Crippen molar-refractivity contribution in [2.45, 2.75) is 46.3 Å². The summed E-state index contributed by atoms with van der Waals surface area (Å²) < 4.78 is 5.68. The molecule has 2 aromatic rings. The predicted molar refractivity (Wildman–Crippen MR) is 84.2 cm³/mol. The summed E-state index contributed by atoms with van der Waals surface area (Å²) in [6.07, 6.45) is 0. The van der Waals surface area contributed by atoms with Crippen LogP contribution in [0.15, 0.2) is 28.7 Å². The molecule has 0 atom stereocenters. The molecule has 0 saturated heterocycles. The summed E-state index contributed by atoms with van der Waals surface area (Å²) in [4.78, 5) is 1.96. The summed E-state index contributed by atoms with van der Waals surface area (Å²) in [5, 5.41) is 11.5. The van der Waals surface area contributed by atoms with Crippen LogP contribution in [0.1, 0.15) is 37.8 Å². The van der Waals surface area contributed by atoms with Gasteiger partial charge >= 0.3 is 6.01 Å². The normalized spacial score (nSPS) is 11.7. The van der Waals surface area contributed by atoms with Crippen LogP contribution in [0.25, 0.3) is 0 Å². The Morgan fingerprint density at radius 1 is 1.24 bits per heavy atom. The third-order valence-corrected chi connectivity index (χ3v) is 3.05. The summed E-state index contributed by atoms with van der Waals surface area (Å²) in [6.45, 7) is 9.73. The molecule has 1 N–H and O–H groups in total. The number of benzene rings is 1. The maximum atomic E-state index is 5.68. The molecule has 0 bridgehead atoms. The highest BCUT2D eigenvalue weighted by atomic mass is 16.4. The van der Waals surface area contributed by atoms with Crippen LogP contribution in [0.3, 0.4) is 0 Å². The molecule has 0 spiro atoms. The fourth-order valence-corrected chi connectivity index (χ4v) is 1.96. The smallest absolute Gasteiger partial charge is 0.318 e. The molecule has 0 aliphatic carbocycles. The summed E-state index contributed by atoms with van der Waals surface area (Å²) in [5.74, 6) is 0.607. The average molecular weight is 288 g/mol. The average Bonchev–Trinajstić information content (AvgIpc) is 2.84. The lowest BCUT2D eigenvalue weighted by Crippen LogP contribution is -2.35. The Bertz CT molecular complexity index is 586. The van der Waals surface area contributed by atoms with Crippen molar-refractivity contribution in [3.63, 3.8) is 0 Å². The first-order valence-corrected chi connectivity index (χ1v) is 7.17. The Hall–Kier alpha value is -1.88. The summed E-state index contributed by atoms with van der Waals surface area (Å²) in [6, 6.07) is 8.95. The van der Waals surface area contributed by atoms with Crippen LogP contribution in [0.2, 0.25) is 0 Å². The quantitative estimate of drug-likeness (QED) is 0.917. The molecule has 5 heteroatoms. The van der Waals surface area contributed by atoms with Gasteiger partial charge in [0.15, 0.2) is 0 Å². The van der Waals surface area contributed by atoms with Gasteiger partial charge in [-0.25, -0.2) is 0 Å². The molecule has 21 heavy (non-hydrogen) atoms. The standard InChI is InChI=1S/C16H24N4O/c1-12-7-6-8-13(9-12)11-20(5)15-19-18-14(21-15)10-17-16(2,3)4/h6-9,17H,10-11H2,1-5H3. The summed E-state index contributed by atoms with van der Waals surface area (Å²) >= 11 is 0. The third-order valence-electron chi connectivity index (χ3n) is 3.05. The Kier molecular flexibility index (Phi) is 4.63.